The van der Waals surface area contributed by atoms with Crippen LogP contribution in [0.4, 0.5) is 17.1 Å². The molecule has 1 fully saturated rings. The van der Waals surface area contributed by atoms with E-state index in [1.807, 2.05) is 35.8 Å². The molecule has 0 aliphatic carbocycles. The van der Waals surface area contributed by atoms with Crippen molar-refractivity contribution in [2.75, 3.05) is 30.0 Å². The number of hydrogen-bond acceptors (Lipinski definition) is 10. The molecule has 5 rings (SSSR count). The lowest BCUT2D eigenvalue weighted by molar-refractivity contribution is 0.0789. The van der Waals surface area contributed by atoms with Crippen LogP contribution in [0.25, 0.3) is 20.8 Å². The number of sulfonamides is 1. The summed E-state index contributed by atoms with van der Waals surface area (Å²) in [4.78, 5) is 19.0. The average Bonchev–Trinajstić information content (AvgIpc) is 3.58. The summed E-state index contributed by atoms with van der Waals surface area (Å²) in [6.07, 6.45) is 1.69. The quantitative estimate of drug-likeness (QED) is 0.295. The van der Waals surface area contributed by atoms with Crippen molar-refractivity contribution in [2.24, 2.45) is 0 Å². The molecular weight excluding hydrogens is 531 g/mol. The van der Waals surface area contributed by atoms with Gasteiger partial charge in [-0.15, -0.1) is 21.5 Å². The number of carbonyl (C=O) groups is 1. The Labute approximate surface area is 223 Å². The smallest absolute Gasteiger partial charge is 0.284 e. The Morgan fingerprint density at radius 1 is 1.14 bits per heavy atom. The first kappa shape index (κ1) is 25.5. The van der Waals surface area contributed by atoms with Gasteiger partial charge < -0.3 is 15.5 Å². The van der Waals surface area contributed by atoms with E-state index in [-0.39, 0.29) is 23.0 Å². The largest absolute Gasteiger partial charge is 0.382 e. The first-order valence-electron chi connectivity index (χ1n) is 11.8. The van der Waals surface area contributed by atoms with Crippen LogP contribution in [0.5, 0.6) is 0 Å². The molecule has 3 N–H and O–H groups in total. The molecule has 3 heterocycles. The van der Waals surface area contributed by atoms with E-state index in [0.29, 0.717) is 24.5 Å². The number of anilines is 3. The summed E-state index contributed by atoms with van der Waals surface area (Å²) in [5.41, 5.74) is 6.44. The third kappa shape index (κ3) is 6.06. The Morgan fingerprint density at radius 2 is 1.92 bits per heavy atom. The highest BCUT2D eigenvalue weighted by Gasteiger charge is 2.30. The van der Waals surface area contributed by atoms with Gasteiger partial charge in [0.1, 0.15) is 5.01 Å². The van der Waals surface area contributed by atoms with Crippen molar-refractivity contribution in [3.05, 3.63) is 46.9 Å². The summed E-state index contributed by atoms with van der Waals surface area (Å²) in [5.74, 6) is -0.239. The zero-order chi connectivity index (χ0) is 26.2. The van der Waals surface area contributed by atoms with Crippen LogP contribution in [0.1, 0.15) is 30.1 Å². The highest BCUT2D eigenvalue weighted by molar-refractivity contribution is 7.88. The van der Waals surface area contributed by atoms with Crippen molar-refractivity contribution in [2.45, 2.75) is 32.4 Å². The predicted octanol–water partition coefficient (Wildman–Crippen LogP) is 4.14. The summed E-state index contributed by atoms with van der Waals surface area (Å²) in [7, 11) is -3.33. The number of benzene rings is 2. The number of amides is 1. The van der Waals surface area contributed by atoms with Gasteiger partial charge in [-0.1, -0.05) is 11.3 Å². The van der Waals surface area contributed by atoms with Gasteiger partial charge in [0.15, 0.2) is 0 Å². The molecule has 4 aromatic rings. The Kier molecular flexibility index (Phi) is 7.12. The molecule has 37 heavy (non-hydrogen) atoms. The maximum Gasteiger partial charge on any atom is 0.284 e. The molecule has 0 radical (unpaired) electrons. The van der Waals surface area contributed by atoms with Crippen molar-refractivity contribution in [1.29, 1.82) is 0 Å². The number of carbonyl (C=O) groups excluding carboxylic acids is 1. The van der Waals surface area contributed by atoms with Crippen LogP contribution >= 0.6 is 22.7 Å². The second-order valence-corrected chi connectivity index (χ2v) is 12.9. The number of likely N-dealkylation sites (tertiary alicyclic amines) is 1. The lowest BCUT2D eigenvalue weighted by Gasteiger charge is -2.16. The minimum absolute atomic E-state index is 0.181. The molecule has 0 bridgehead atoms. The molecule has 2 aromatic heterocycles. The number of nitrogens with zero attached hydrogens (tertiary/aromatic N) is 4. The fraction of sp³-hybridized carbons (Fsp3) is 0.333. The van der Waals surface area contributed by atoms with Crippen LogP contribution < -0.4 is 15.4 Å². The number of hydrogen-bond donors (Lipinski definition) is 3. The lowest BCUT2D eigenvalue weighted by Crippen LogP contribution is -2.37. The number of rotatable bonds is 8. The molecule has 10 nitrogen and oxygen atoms in total. The van der Waals surface area contributed by atoms with Crippen LogP contribution in [0, 0.1) is 0 Å². The molecule has 13 heteroatoms. The van der Waals surface area contributed by atoms with Crippen LogP contribution in [-0.4, -0.2) is 65.8 Å². The van der Waals surface area contributed by atoms with E-state index in [1.54, 1.807) is 16.2 Å². The van der Waals surface area contributed by atoms with Crippen molar-refractivity contribution in [3.63, 3.8) is 0 Å². The molecule has 1 atom stereocenters. The number of fused-ring (bicyclic) bond motifs is 1. The molecule has 1 aliphatic rings. The third-order valence-corrected chi connectivity index (χ3v) is 8.28. The summed E-state index contributed by atoms with van der Waals surface area (Å²) in [6, 6.07) is 11.9. The van der Waals surface area contributed by atoms with E-state index in [2.05, 4.69) is 50.5 Å². The molecule has 194 valence electrons. The topological polar surface area (TPSA) is 129 Å². The zero-order valence-corrected chi connectivity index (χ0v) is 23.0. The average molecular weight is 558 g/mol. The minimum atomic E-state index is -3.33. The van der Waals surface area contributed by atoms with Crippen LogP contribution in [0.2, 0.25) is 0 Å². The fourth-order valence-electron chi connectivity index (χ4n) is 4.24. The zero-order valence-electron chi connectivity index (χ0n) is 20.6. The second-order valence-electron chi connectivity index (χ2n) is 9.26. The first-order valence-corrected chi connectivity index (χ1v) is 15.3. The normalized spacial score (nSPS) is 16.0. The third-order valence-electron chi connectivity index (χ3n) is 5.78. The van der Waals surface area contributed by atoms with Gasteiger partial charge in [-0.3, -0.25) is 4.79 Å². The van der Waals surface area contributed by atoms with Crippen molar-refractivity contribution >= 4 is 65.9 Å². The Bertz CT molecular complexity index is 1550. The predicted molar refractivity (Wildman–Crippen MR) is 149 cm³/mol. The van der Waals surface area contributed by atoms with Gasteiger partial charge in [0.05, 0.1) is 22.0 Å². The van der Waals surface area contributed by atoms with E-state index >= 15 is 0 Å². The SMILES string of the molecule is CC(C)Nc1cc(Nc2ccc3ncsc3c2)ccc1-c1nnc(C(=O)N2CCC(NS(C)(=O)=O)C2)s1. The van der Waals surface area contributed by atoms with Gasteiger partial charge in [-0.25, -0.2) is 18.1 Å². The summed E-state index contributed by atoms with van der Waals surface area (Å²) >= 11 is 2.83. The standard InChI is InChI=1S/C24H27N7O3S3/c1-14(2)26-20-10-15(27-16-5-7-19-21(11-16)35-13-25-19)4-6-18(20)22-28-29-23(36-22)24(32)31-9-8-17(12-31)30-37(3,33)34/h4-7,10-11,13-14,17,26-27,30H,8-9,12H2,1-3H3. The molecule has 1 unspecified atom stereocenters. The van der Waals surface area contributed by atoms with Crippen LogP contribution in [-0.2, 0) is 10.0 Å². The van der Waals surface area contributed by atoms with E-state index < -0.39 is 10.0 Å². The van der Waals surface area contributed by atoms with Crippen LogP contribution in [0.15, 0.2) is 41.9 Å². The van der Waals surface area contributed by atoms with Crippen molar-refractivity contribution in [3.8, 4) is 10.6 Å². The monoisotopic (exact) mass is 557 g/mol. The minimum Gasteiger partial charge on any atom is -0.382 e. The first-order chi connectivity index (χ1) is 17.6. The summed E-state index contributed by atoms with van der Waals surface area (Å²) < 4.78 is 26.7. The van der Waals surface area contributed by atoms with E-state index in [4.69, 9.17) is 0 Å². The second kappa shape index (κ2) is 10.3. The fourth-order valence-corrected chi connectivity index (χ4v) is 6.60. The van der Waals surface area contributed by atoms with Gasteiger partial charge in [0.2, 0.25) is 15.0 Å². The van der Waals surface area contributed by atoms with Gasteiger partial charge in [0.25, 0.3) is 5.91 Å². The molecule has 0 spiro atoms. The highest BCUT2D eigenvalue weighted by atomic mass is 32.2. The number of thiazole rings is 1. The Hall–Kier alpha value is -3.13. The molecular formula is C24H27N7O3S3. The number of nitrogens with one attached hydrogen (secondary N) is 3. The van der Waals surface area contributed by atoms with Gasteiger partial charge in [0, 0.05) is 47.8 Å². The van der Waals surface area contributed by atoms with E-state index in [9.17, 15) is 13.2 Å². The van der Waals surface area contributed by atoms with Crippen molar-refractivity contribution < 1.29 is 13.2 Å². The van der Waals surface area contributed by atoms with E-state index in [1.165, 1.54) is 11.3 Å². The maximum absolute atomic E-state index is 13.0. The highest BCUT2D eigenvalue weighted by Crippen LogP contribution is 2.35. The van der Waals surface area contributed by atoms with Gasteiger partial charge >= 0.3 is 0 Å². The molecule has 1 aliphatic heterocycles. The lowest BCUT2D eigenvalue weighted by atomic mass is 10.1. The van der Waals surface area contributed by atoms with Crippen molar-refractivity contribution in [1.82, 2.24) is 24.8 Å². The summed E-state index contributed by atoms with van der Waals surface area (Å²) in [5, 5.41) is 16.3. The molecule has 1 saturated heterocycles. The molecule has 0 saturated carbocycles. The number of aromatic nitrogens is 3. The molecule has 2 aromatic carbocycles. The van der Waals surface area contributed by atoms with Gasteiger partial charge in [-0.05, 0) is 56.7 Å². The van der Waals surface area contributed by atoms with Gasteiger partial charge in [-0.2, -0.15) is 0 Å². The Morgan fingerprint density at radius 3 is 2.70 bits per heavy atom. The Balaban J connectivity index is 1.35. The summed E-state index contributed by atoms with van der Waals surface area (Å²) in [6.45, 7) is 4.90. The molecule has 1 amide bonds. The van der Waals surface area contributed by atoms with E-state index in [0.717, 1.165) is 39.1 Å². The van der Waals surface area contributed by atoms with Crippen LogP contribution in [0.3, 0.4) is 0 Å². The maximum atomic E-state index is 13.0.